The van der Waals surface area contributed by atoms with Gasteiger partial charge in [-0.1, -0.05) is 23.7 Å². The zero-order chi connectivity index (χ0) is 24.6. The highest BCUT2D eigenvalue weighted by Crippen LogP contribution is 2.33. The highest BCUT2D eigenvalue weighted by atomic mass is 35.5. The predicted octanol–water partition coefficient (Wildman–Crippen LogP) is 6.26. The average molecular weight is 505 g/mol. The number of rotatable bonds is 5. The topological polar surface area (TPSA) is 84.8 Å². The highest BCUT2D eigenvalue weighted by Gasteiger charge is 2.20. The Morgan fingerprint density at radius 2 is 1.66 bits per heavy atom. The molecular weight excluding hydrogens is 487 g/mol. The van der Waals surface area contributed by atoms with Gasteiger partial charge in [-0.15, -0.1) is 0 Å². The number of hydrogen-bond donors (Lipinski definition) is 1. The number of hydrogen-bond acceptors (Lipinski definition) is 5. The summed E-state index contributed by atoms with van der Waals surface area (Å²) in [5.41, 5.74) is 4.74. The zero-order valence-electron chi connectivity index (χ0n) is 18.4. The van der Waals surface area contributed by atoms with Crippen molar-refractivity contribution in [3.63, 3.8) is 0 Å². The Morgan fingerprint density at radius 1 is 0.857 bits per heavy atom. The fraction of sp³-hybridized carbons (Fsp3) is 0.0385. The molecule has 3 heterocycles. The molecule has 0 bridgehead atoms. The van der Waals surface area contributed by atoms with Crippen LogP contribution in [0, 0.1) is 12.7 Å². The van der Waals surface area contributed by atoms with Gasteiger partial charge in [-0.3, -0.25) is 14.7 Å². The molecule has 0 unspecified atom stereocenters. The number of pyridine rings is 3. The molecule has 0 fully saturated rings. The Labute approximate surface area is 206 Å². The van der Waals surface area contributed by atoms with Crippen molar-refractivity contribution in [2.45, 2.75) is 11.8 Å². The van der Waals surface area contributed by atoms with E-state index in [-0.39, 0.29) is 15.7 Å². The highest BCUT2D eigenvalue weighted by molar-refractivity contribution is 7.92. The Morgan fingerprint density at radius 3 is 2.46 bits per heavy atom. The lowest BCUT2D eigenvalue weighted by molar-refractivity contribution is 0.594. The molecule has 35 heavy (non-hydrogen) atoms. The summed E-state index contributed by atoms with van der Waals surface area (Å²) in [6, 6.07) is 16.7. The number of halogens is 2. The number of benzene rings is 2. The molecule has 1 N–H and O–H groups in total. The van der Waals surface area contributed by atoms with Crippen molar-refractivity contribution in [2.24, 2.45) is 0 Å². The van der Waals surface area contributed by atoms with Gasteiger partial charge in [0.05, 0.1) is 16.1 Å². The largest absolute Gasteiger partial charge is 0.276 e. The fourth-order valence-electron chi connectivity index (χ4n) is 3.85. The number of anilines is 1. The lowest BCUT2D eigenvalue weighted by Crippen LogP contribution is -2.15. The first-order valence-corrected chi connectivity index (χ1v) is 12.4. The summed E-state index contributed by atoms with van der Waals surface area (Å²) >= 11 is 6.22. The Hall–Kier alpha value is -3.88. The smallest absolute Gasteiger partial charge is 0.262 e. The summed E-state index contributed by atoms with van der Waals surface area (Å²) in [6.07, 6.45) is 6.78. The van der Waals surface area contributed by atoms with Gasteiger partial charge in [0.2, 0.25) is 0 Å². The van der Waals surface area contributed by atoms with Gasteiger partial charge in [-0.2, -0.15) is 0 Å². The maximum absolute atomic E-state index is 13.7. The molecule has 5 rings (SSSR count). The molecule has 5 aromatic rings. The Kier molecular flexibility index (Phi) is 5.92. The minimum absolute atomic E-state index is 0.0219. The molecule has 6 nitrogen and oxygen atoms in total. The van der Waals surface area contributed by atoms with Crippen molar-refractivity contribution in [3.8, 4) is 22.3 Å². The SMILES string of the molecule is Cc1ccc(F)cc1S(=O)(=O)Nc1cc(-c2ccc3nccc(-c4ccncc4)c3c2)cnc1Cl. The molecule has 0 aliphatic carbocycles. The number of fused-ring (bicyclic) bond motifs is 1. The first-order chi connectivity index (χ1) is 16.8. The number of nitrogens with one attached hydrogen (secondary N) is 1. The second-order valence-corrected chi connectivity index (χ2v) is 9.91. The van der Waals surface area contributed by atoms with Crippen LogP contribution >= 0.6 is 11.6 Å². The summed E-state index contributed by atoms with van der Waals surface area (Å²) in [5, 5.41) is 0.898. The maximum atomic E-state index is 13.7. The van der Waals surface area contributed by atoms with E-state index in [2.05, 4.69) is 19.7 Å². The third-order valence-corrected chi connectivity index (χ3v) is 7.40. The number of aryl methyl sites for hydroxylation is 1. The summed E-state index contributed by atoms with van der Waals surface area (Å²) in [6.45, 7) is 1.59. The van der Waals surface area contributed by atoms with Gasteiger partial charge in [-0.05, 0) is 77.7 Å². The number of nitrogens with zero attached hydrogens (tertiary/aromatic N) is 3. The quantitative estimate of drug-likeness (QED) is 0.285. The standard InChI is InChI=1S/C26H18ClFN4O2S/c1-16-2-4-20(28)14-25(16)35(33,34)32-24-13-19(15-31-26(24)27)18-3-5-23-22(12-18)21(8-11-30-23)17-6-9-29-10-7-17/h2-15,32H,1H3. The predicted molar refractivity (Wildman–Crippen MR) is 135 cm³/mol. The molecule has 9 heteroatoms. The molecule has 0 spiro atoms. The van der Waals surface area contributed by atoms with Crippen LogP contribution in [0.15, 0.2) is 90.3 Å². The molecule has 0 saturated carbocycles. The van der Waals surface area contributed by atoms with E-state index in [9.17, 15) is 12.8 Å². The van der Waals surface area contributed by atoms with Crippen LogP contribution in [0.5, 0.6) is 0 Å². The number of sulfonamides is 1. The van der Waals surface area contributed by atoms with Gasteiger partial charge in [0, 0.05) is 35.7 Å². The fourth-order valence-corrected chi connectivity index (χ4v) is 5.37. The van der Waals surface area contributed by atoms with Crippen molar-refractivity contribution in [1.82, 2.24) is 15.0 Å². The normalized spacial score (nSPS) is 11.5. The summed E-state index contributed by atoms with van der Waals surface area (Å²) in [7, 11) is -4.10. The monoisotopic (exact) mass is 504 g/mol. The molecule has 0 atom stereocenters. The molecule has 174 valence electrons. The summed E-state index contributed by atoms with van der Waals surface area (Å²) in [5.74, 6) is -0.649. The second-order valence-electron chi connectivity index (χ2n) is 7.90. The van der Waals surface area contributed by atoms with Gasteiger partial charge in [0.15, 0.2) is 5.15 Å². The van der Waals surface area contributed by atoms with Gasteiger partial charge in [0.25, 0.3) is 10.0 Å². The molecular formula is C26H18ClFN4O2S. The van der Waals surface area contributed by atoms with Crippen molar-refractivity contribution in [1.29, 1.82) is 0 Å². The molecule has 0 radical (unpaired) electrons. The van der Waals surface area contributed by atoms with Gasteiger partial charge in [-0.25, -0.2) is 17.8 Å². The van der Waals surface area contributed by atoms with Crippen LogP contribution in [-0.2, 0) is 10.0 Å². The molecule has 3 aromatic heterocycles. The summed E-state index contributed by atoms with van der Waals surface area (Å²) < 4.78 is 42.1. The third-order valence-electron chi connectivity index (χ3n) is 5.59. The molecule has 2 aromatic carbocycles. The summed E-state index contributed by atoms with van der Waals surface area (Å²) in [4.78, 5) is 12.5. The molecule has 0 aliphatic heterocycles. The van der Waals surface area contributed by atoms with Crippen molar-refractivity contribution >= 4 is 38.2 Å². The van der Waals surface area contributed by atoms with E-state index in [1.807, 2.05) is 36.4 Å². The Balaban J connectivity index is 1.57. The van der Waals surface area contributed by atoms with Crippen LogP contribution in [0.3, 0.4) is 0 Å². The van der Waals surface area contributed by atoms with E-state index in [0.717, 1.165) is 33.7 Å². The molecule has 0 saturated heterocycles. The lowest BCUT2D eigenvalue weighted by atomic mass is 9.98. The first kappa shape index (κ1) is 22.9. The van der Waals surface area contributed by atoms with Gasteiger partial charge >= 0.3 is 0 Å². The van der Waals surface area contributed by atoms with Gasteiger partial charge in [0.1, 0.15) is 5.82 Å². The van der Waals surface area contributed by atoms with Gasteiger partial charge < -0.3 is 0 Å². The van der Waals surface area contributed by atoms with E-state index in [1.165, 1.54) is 12.1 Å². The van der Waals surface area contributed by atoms with Crippen molar-refractivity contribution < 1.29 is 12.8 Å². The van der Waals surface area contributed by atoms with E-state index in [4.69, 9.17) is 11.6 Å². The van der Waals surface area contributed by atoms with Crippen LogP contribution in [0.4, 0.5) is 10.1 Å². The van der Waals surface area contributed by atoms with Crippen LogP contribution in [-0.4, -0.2) is 23.4 Å². The van der Waals surface area contributed by atoms with E-state index in [1.54, 1.807) is 37.8 Å². The number of aromatic nitrogens is 3. The lowest BCUT2D eigenvalue weighted by Gasteiger charge is -2.13. The van der Waals surface area contributed by atoms with Crippen molar-refractivity contribution in [3.05, 3.63) is 102 Å². The van der Waals surface area contributed by atoms with Crippen LogP contribution < -0.4 is 4.72 Å². The van der Waals surface area contributed by atoms with Crippen LogP contribution in [0.25, 0.3) is 33.2 Å². The third kappa shape index (κ3) is 4.58. The van der Waals surface area contributed by atoms with E-state index < -0.39 is 15.8 Å². The second kappa shape index (κ2) is 9.05. The van der Waals surface area contributed by atoms with Crippen molar-refractivity contribution in [2.75, 3.05) is 4.72 Å². The molecule has 0 aliphatic rings. The van der Waals surface area contributed by atoms with Crippen LogP contribution in [0.1, 0.15) is 5.56 Å². The average Bonchev–Trinajstić information content (AvgIpc) is 2.86. The Bertz CT molecular complexity index is 1680. The molecule has 0 amide bonds. The maximum Gasteiger partial charge on any atom is 0.262 e. The van der Waals surface area contributed by atoms with E-state index in [0.29, 0.717) is 11.1 Å². The first-order valence-electron chi connectivity index (χ1n) is 10.6. The minimum Gasteiger partial charge on any atom is -0.276 e. The minimum atomic E-state index is -4.10. The zero-order valence-corrected chi connectivity index (χ0v) is 20.0. The van der Waals surface area contributed by atoms with E-state index >= 15 is 0 Å². The van der Waals surface area contributed by atoms with Crippen LogP contribution in [0.2, 0.25) is 5.15 Å².